The summed E-state index contributed by atoms with van der Waals surface area (Å²) in [4.78, 5) is 11.4. The van der Waals surface area contributed by atoms with Crippen molar-refractivity contribution in [3.8, 4) is 0 Å². The Hall–Kier alpha value is -1.95. The molecule has 8 heteroatoms. The SMILES string of the molecule is CCN=C=NC(CC)(c1cccc2c1nnn2O)N(C)C.Cl. The molecule has 1 aromatic carbocycles. The predicted molar refractivity (Wildman–Crippen MR) is 88.0 cm³/mol. The van der Waals surface area contributed by atoms with E-state index in [-0.39, 0.29) is 12.4 Å². The lowest BCUT2D eigenvalue weighted by Crippen LogP contribution is -2.39. The van der Waals surface area contributed by atoms with Crippen LogP contribution in [0.25, 0.3) is 11.0 Å². The summed E-state index contributed by atoms with van der Waals surface area (Å²) in [6, 6.07) is 8.33. The highest BCUT2D eigenvalue weighted by Crippen LogP contribution is 2.35. The first-order valence-electron chi connectivity index (χ1n) is 6.91. The molecule has 0 saturated carbocycles. The van der Waals surface area contributed by atoms with Crippen molar-refractivity contribution >= 4 is 29.4 Å². The number of rotatable bonds is 5. The highest BCUT2D eigenvalue weighted by molar-refractivity contribution is 5.85. The van der Waals surface area contributed by atoms with Crippen LogP contribution in [0.3, 0.4) is 0 Å². The van der Waals surface area contributed by atoms with E-state index in [9.17, 15) is 5.21 Å². The van der Waals surface area contributed by atoms with Crippen molar-refractivity contribution in [3.63, 3.8) is 0 Å². The first kappa shape index (κ1) is 18.1. The number of benzene rings is 1. The summed E-state index contributed by atoms with van der Waals surface area (Å²) in [6.07, 6.45) is 0.712. The summed E-state index contributed by atoms with van der Waals surface area (Å²) in [6.45, 7) is 4.61. The molecule has 0 aliphatic carbocycles. The number of hydrogen-bond acceptors (Lipinski definition) is 6. The highest BCUT2D eigenvalue weighted by atomic mass is 35.5. The topological polar surface area (TPSA) is 78.9 Å². The minimum Gasteiger partial charge on any atom is -0.410 e. The Labute approximate surface area is 135 Å². The quantitative estimate of drug-likeness (QED) is 0.676. The van der Waals surface area contributed by atoms with Crippen molar-refractivity contribution in [3.05, 3.63) is 23.8 Å². The predicted octanol–water partition coefficient (Wildman–Crippen LogP) is 2.41. The van der Waals surface area contributed by atoms with E-state index < -0.39 is 5.66 Å². The third-order valence-electron chi connectivity index (χ3n) is 3.59. The molecule has 2 rings (SSSR count). The van der Waals surface area contributed by atoms with Crippen molar-refractivity contribution in [2.75, 3.05) is 20.6 Å². The molecule has 0 amide bonds. The summed E-state index contributed by atoms with van der Waals surface area (Å²) < 4.78 is 0. The van der Waals surface area contributed by atoms with Crippen molar-refractivity contribution in [1.29, 1.82) is 0 Å². The van der Waals surface area contributed by atoms with Crippen LogP contribution in [0.1, 0.15) is 25.8 Å². The van der Waals surface area contributed by atoms with Crippen LogP contribution >= 0.6 is 12.4 Å². The normalized spacial score (nSPS) is 13.3. The Kier molecular flexibility index (Phi) is 6.05. The van der Waals surface area contributed by atoms with Gasteiger partial charge in [-0.1, -0.05) is 23.9 Å². The van der Waals surface area contributed by atoms with Gasteiger partial charge in [-0.2, -0.15) is 4.99 Å². The molecule has 120 valence electrons. The summed E-state index contributed by atoms with van der Waals surface area (Å²) in [5.41, 5.74) is 1.40. The van der Waals surface area contributed by atoms with Gasteiger partial charge in [0, 0.05) is 12.1 Å². The standard InChI is InChI=1S/C14H20N6O.ClH/c1-5-14(19(3)4,16-10-15-6-2)11-8-7-9-12-13(11)17-18-20(12)21;/h7-9,21H,5-6H2,1-4H3;1H. The Bertz CT molecular complexity index is 692. The number of aromatic nitrogens is 3. The Balaban J connectivity index is 0.00000242. The van der Waals surface area contributed by atoms with Gasteiger partial charge in [0.2, 0.25) is 0 Å². The molecule has 0 aliphatic heterocycles. The van der Waals surface area contributed by atoms with Gasteiger partial charge in [0.15, 0.2) is 5.66 Å². The number of fused-ring (bicyclic) bond motifs is 1. The van der Waals surface area contributed by atoms with Crippen molar-refractivity contribution < 1.29 is 5.21 Å². The van der Waals surface area contributed by atoms with E-state index in [0.29, 0.717) is 24.0 Å². The van der Waals surface area contributed by atoms with Crippen molar-refractivity contribution in [2.24, 2.45) is 9.98 Å². The largest absolute Gasteiger partial charge is 0.410 e. The molecule has 0 aliphatic rings. The second-order valence-corrected chi connectivity index (χ2v) is 4.90. The van der Waals surface area contributed by atoms with Gasteiger partial charge in [-0.15, -0.1) is 17.5 Å². The first-order valence-corrected chi connectivity index (χ1v) is 6.91. The van der Waals surface area contributed by atoms with Gasteiger partial charge in [0.05, 0.1) is 6.01 Å². The highest BCUT2D eigenvalue weighted by Gasteiger charge is 2.35. The van der Waals surface area contributed by atoms with Gasteiger partial charge in [-0.25, -0.2) is 4.99 Å². The molecule has 0 radical (unpaired) electrons. The molecule has 7 nitrogen and oxygen atoms in total. The average molecular weight is 325 g/mol. The maximum absolute atomic E-state index is 9.69. The van der Waals surface area contributed by atoms with Crippen LogP contribution in [0.4, 0.5) is 0 Å². The molecular weight excluding hydrogens is 304 g/mol. The Morgan fingerprint density at radius 2 is 2.09 bits per heavy atom. The van der Waals surface area contributed by atoms with E-state index in [1.807, 2.05) is 45.0 Å². The molecule has 1 N–H and O–H groups in total. The lowest BCUT2D eigenvalue weighted by atomic mass is 9.94. The Morgan fingerprint density at radius 1 is 1.36 bits per heavy atom. The minimum atomic E-state index is -0.645. The smallest absolute Gasteiger partial charge is 0.151 e. The monoisotopic (exact) mass is 324 g/mol. The summed E-state index contributed by atoms with van der Waals surface area (Å²) in [7, 11) is 3.89. The molecule has 0 spiro atoms. The second-order valence-electron chi connectivity index (χ2n) is 4.90. The molecule has 0 bridgehead atoms. The van der Waals surface area contributed by atoms with E-state index in [0.717, 1.165) is 10.4 Å². The van der Waals surface area contributed by atoms with Crippen LogP contribution in [0.5, 0.6) is 0 Å². The van der Waals surface area contributed by atoms with Crippen LogP contribution in [-0.2, 0) is 5.66 Å². The summed E-state index contributed by atoms with van der Waals surface area (Å²) in [5.74, 6) is 0. The van der Waals surface area contributed by atoms with Crippen molar-refractivity contribution in [1.82, 2.24) is 20.1 Å². The second kappa shape index (κ2) is 7.35. The summed E-state index contributed by atoms with van der Waals surface area (Å²) >= 11 is 0. The van der Waals surface area contributed by atoms with Gasteiger partial charge in [-0.3, -0.25) is 4.90 Å². The number of hydrogen-bond donors (Lipinski definition) is 1. The summed E-state index contributed by atoms with van der Waals surface area (Å²) in [5, 5.41) is 17.4. The molecular formula is C14H21ClN6O. The zero-order chi connectivity index (χ0) is 15.5. The van der Waals surface area contributed by atoms with Crippen LogP contribution in [0, 0.1) is 0 Å². The van der Waals surface area contributed by atoms with Gasteiger partial charge in [-0.05, 0) is 38.7 Å². The molecule has 1 aromatic heterocycles. The zero-order valence-electron chi connectivity index (χ0n) is 13.2. The maximum Gasteiger partial charge on any atom is 0.151 e. The fourth-order valence-corrected chi connectivity index (χ4v) is 2.43. The number of halogens is 1. The molecule has 0 fully saturated rings. The zero-order valence-corrected chi connectivity index (χ0v) is 14.0. The van der Waals surface area contributed by atoms with E-state index in [4.69, 9.17) is 0 Å². The van der Waals surface area contributed by atoms with Gasteiger partial charge < -0.3 is 5.21 Å². The molecule has 2 aromatic rings. The van der Waals surface area contributed by atoms with Crippen LogP contribution in [0.15, 0.2) is 28.2 Å². The van der Waals surface area contributed by atoms with Crippen LogP contribution < -0.4 is 0 Å². The molecule has 1 heterocycles. The molecule has 0 saturated heterocycles. The number of aliphatic imine (C=N–C) groups is 2. The van der Waals surface area contributed by atoms with E-state index in [1.54, 1.807) is 6.07 Å². The van der Waals surface area contributed by atoms with Crippen LogP contribution in [-0.4, -0.2) is 51.9 Å². The Morgan fingerprint density at radius 3 is 2.68 bits per heavy atom. The first-order chi connectivity index (χ1) is 10.1. The minimum absolute atomic E-state index is 0. The molecule has 22 heavy (non-hydrogen) atoms. The average Bonchev–Trinajstić information content (AvgIpc) is 2.86. The lowest BCUT2D eigenvalue weighted by molar-refractivity contribution is 0.154. The maximum atomic E-state index is 9.69. The van der Waals surface area contributed by atoms with Crippen molar-refractivity contribution in [2.45, 2.75) is 25.9 Å². The lowest BCUT2D eigenvalue weighted by Gasteiger charge is -2.34. The van der Waals surface area contributed by atoms with E-state index in [1.165, 1.54) is 0 Å². The van der Waals surface area contributed by atoms with Gasteiger partial charge >= 0.3 is 0 Å². The third-order valence-corrected chi connectivity index (χ3v) is 3.59. The third kappa shape index (κ3) is 2.97. The fraction of sp³-hybridized carbons (Fsp3) is 0.500. The fourth-order valence-electron chi connectivity index (χ4n) is 2.43. The van der Waals surface area contributed by atoms with Gasteiger partial charge in [0.25, 0.3) is 0 Å². The van der Waals surface area contributed by atoms with Crippen LogP contribution in [0.2, 0.25) is 0 Å². The molecule has 1 atom stereocenters. The van der Waals surface area contributed by atoms with Gasteiger partial charge in [0.1, 0.15) is 11.0 Å². The van der Waals surface area contributed by atoms with E-state index in [2.05, 4.69) is 26.3 Å². The molecule has 1 unspecified atom stereocenters. The van der Waals surface area contributed by atoms with E-state index >= 15 is 0 Å². The number of nitrogens with zero attached hydrogens (tertiary/aromatic N) is 6.